The van der Waals surface area contributed by atoms with E-state index in [-0.39, 0.29) is 17.8 Å². The van der Waals surface area contributed by atoms with E-state index in [0.717, 1.165) is 38.3 Å². The van der Waals surface area contributed by atoms with Gasteiger partial charge in [-0.3, -0.25) is 14.6 Å². The smallest absolute Gasteiger partial charge is 0.227 e. The summed E-state index contributed by atoms with van der Waals surface area (Å²) in [7, 11) is 0. The molecule has 1 aliphatic rings. The average Bonchev–Trinajstić information content (AvgIpc) is 2.75. The van der Waals surface area contributed by atoms with Gasteiger partial charge in [0.05, 0.1) is 6.54 Å². The zero-order valence-corrected chi connectivity index (χ0v) is 17.6. The molecule has 0 atom stereocenters. The SMILES string of the molecule is O=c1cc(CN2CCN(Cc3ccccc3)CC2)occ1OCc1cccc(Cl)c1. The van der Waals surface area contributed by atoms with Gasteiger partial charge < -0.3 is 9.15 Å². The largest absolute Gasteiger partial charge is 0.482 e. The van der Waals surface area contributed by atoms with E-state index in [2.05, 4.69) is 34.1 Å². The number of piperazine rings is 1. The normalized spacial score (nSPS) is 15.2. The molecule has 30 heavy (non-hydrogen) atoms. The van der Waals surface area contributed by atoms with Crippen LogP contribution in [0.5, 0.6) is 5.75 Å². The van der Waals surface area contributed by atoms with Crippen LogP contribution in [0.1, 0.15) is 16.9 Å². The Bertz CT molecular complexity index is 1010. The number of ether oxygens (including phenoxy) is 1. The van der Waals surface area contributed by atoms with E-state index in [1.54, 1.807) is 6.07 Å². The second-order valence-corrected chi connectivity index (χ2v) is 7.97. The number of halogens is 1. The molecular weight excluding hydrogens is 400 g/mol. The highest BCUT2D eigenvalue weighted by Gasteiger charge is 2.18. The van der Waals surface area contributed by atoms with E-state index in [9.17, 15) is 4.79 Å². The third kappa shape index (κ3) is 5.72. The Morgan fingerprint density at radius 3 is 2.27 bits per heavy atom. The molecule has 0 unspecified atom stereocenters. The Balaban J connectivity index is 1.27. The van der Waals surface area contributed by atoms with Gasteiger partial charge in [-0.2, -0.15) is 0 Å². The van der Waals surface area contributed by atoms with Crippen molar-refractivity contribution in [1.82, 2.24) is 9.80 Å². The second-order valence-electron chi connectivity index (χ2n) is 7.53. The Morgan fingerprint density at radius 1 is 0.867 bits per heavy atom. The summed E-state index contributed by atoms with van der Waals surface area (Å²) in [5.41, 5.74) is 2.07. The fourth-order valence-electron chi connectivity index (χ4n) is 3.58. The van der Waals surface area contributed by atoms with Gasteiger partial charge in [0.25, 0.3) is 0 Å². The molecule has 156 valence electrons. The lowest BCUT2D eigenvalue weighted by Gasteiger charge is -2.34. The first-order chi connectivity index (χ1) is 14.7. The quantitative estimate of drug-likeness (QED) is 0.569. The molecule has 0 saturated carbocycles. The van der Waals surface area contributed by atoms with Crippen LogP contribution in [0.15, 0.2) is 76.1 Å². The summed E-state index contributed by atoms with van der Waals surface area (Å²) in [6, 6.07) is 19.4. The highest BCUT2D eigenvalue weighted by molar-refractivity contribution is 6.30. The van der Waals surface area contributed by atoms with Gasteiger partial charge in [0, 0.05) is 43.8 Å². The van der Waals surface area contributed by atoms with E-state index in [4.69, 9.17) is 20.8 Å². The van der Waals surface area contributed by atoms with Crippen molar-refractivity contribution in [1.29, 1.82) is 0 Å². The van der Waals surface area contributed by atoms with E-state index < -0.39 is 0 Å². The third-order valence-electron chi connectivity index (χ3n) is 5.23. The predicted octanol–water partition coefficient (Wildman–Crippen LogP) is 4.19. The van der Waals surface area contributed by atoms with Crippen molar-refractivity contribution in [2.45, 2.75) is 19.7 Å². The van der Waals surface area contributed by atoms with Crippen LogP contribution < -0.4 is 10.2 Å². The van der Waals surface area contributed by atoms with Crippen LogP contribution in [0, 0.1) is 0 Å². The maximum atomic E-state index is 12.4. The van der Waals surface area contributed by atoms with Gasteiger partial charge in [-0.05, 0) is 23.3 Å². The van der Waals surface area contributed by atoms with Crippen molar-refractivity contribution in [3.8, 4) is 5.75 Å². The molecule has 0 bridgehead atoms. The number of nitrogens with zero attached hydrogens (tertiary/aromatic N) is 2. The summed E-state index contributed by atoms with van der Waals surface area (Å²) in [6.45, 7) is 5.77. The molecule has 5 nitrogen and oxygen atoms in total. The lowest BCUT2D eigenvalue weighted by molar-refractivity contribution is 0.115. The standard InChI is InChI=1S/C24H25ClN2O3/c25-21-8-4-7-20(13-21)17-30-24-18-29-22(14-23(24)28)16-27-11-9-26(10-12-27)15-19-5-2-1-3-6-19/h1-8,13-14,18H,9-12,15-17H2. The highest BCUT2D eigenvalue weighted by atomic mass is 35.5. The van der Waals surface area contributed by atoms with E-state index in [1.165, 1.54) is 17.9 Å². The van der Waals surface area contributed by atoms with Gasteiger partial charge in [0.1, 0.15) is 18.6 Å². The summed E-state index contributed by atoms with van der Waals surface area (Å²) >= 11 is 5.98. The predicted molar refractivity (Wildman–Crippen MR) is 118 cm³/mol. The van der Waals surface area contributed by atoms with Crippen molar-refractivity contribution < 1.29 is 9.15 Å². The third-order valence-corrected chi connectivity index (χ3v) is 5.46. The molecule has 1 aliphatic heterocycles. The summed E-state index contributed by atoms with van der Waals surface area (Å²) in [5, 5.41) is 0.641. The maximum absolute atomic E-state index is 12.4. The van der Waals surface area contributed by atoms with Crippen LogP contribution in [-0.4, -0.2) is 36.0 Å². The molecule has 6 heteroatoms. The van der Waals surface area contributed by atoms with Crippen LogP contribution in [0.2, 0.25) is 5.02 Å². The fraction of sp³-hybridized carbons (Fsp3) is 0.292. The minimum Gasteiger partial charge on any atom is -0.482 e. The average molecular weight is 425 g/mol. The zero-order valence-electron chi connectivity index (χ0n) is 16.8. The van der Waals surface area contributed by atoms with Crippen LogP contribution in [-0.2, 0) is 19.7 Å². The summed E-state index contributed by atoms with van der Waals surface area (Å²) in [5.74, 6) is 0.873. The Hall–Kier alpha value is -2.60. The molecule has 2 heterocycles. The Labute approximate surface area is 181 Å². The van der Waals surface area contributed by atoms with E-state index in [0.29, 0.717) is 17.3 Å². The Morgan fingerprint density at radius 2 is 1.57 bits per heavy atom. The van der Waals surface area contributed by atoms with E-state index in [1.807, 2.05) is 24.3 Å². The minimum absolute atomic E-state index is 0.166. The Kier molecular flexibility index (Phi) is 6.84. The van der Waals surface area contributed by atoms with Gasteiger partial charge in [-0.1, -0.05) is 54.1 Å². The molecule has 0 radical (unpaired) electrons. The van der Waals surface area contributed by atoms with Crippen LogP contribution >= 0.6 is 11.6 Å². The van der Waals surface area contributed by atoms with Gasteiger partial charge in [0.2, 0.25) is 11.2 Å². The zero-order chi connectivity index (χ0) is 20.8. The molecular formula is C24H25ClN2O3. The van der Waals surface area contributed by atoms with Gasteiger partial charge in [-0.15, -0.1) is 0 Å². The number of rotatable bonds is 7. The van der Waals surface area contributed by atoms with Gasteiger partial charge >= 0.3 is 0 Å². The molecule has 2 aromatic carbocycles. The van der Waals surface area contributed by atoms with E-state index >= 15 is 0 Å². The monoisotopic (exact) mass is 424 g/mol. The van der Waals surface area contributed by atoms with Crippen molar-refractivity contribution >= 4 is 11.6 Å². The lowest BCUT2D eigenvalue weighted by atomic mass is 10.2. The van der Waals surface area contributed by atoms with Crippen LogP contribution in [0.25, 0.3) is 0 Å². The summed E-state index contributed by atoms with van der Waals surface area (Å²) < 4.78 is 11.3. The summed E-state index contributed by atoms with van der Waals surface area (Å²) in [6.07, 6.45) is 1.41. The number of hydrogen-bond acceptors (Lipinski definition) is 5. The molecule has 1 fully saturated rings. The fourth-order valence-corrected chi connectivity index (χ4v) is 3.79. The van der Waals surface area contributed by atoms with Crippen molar-refractivity contribution in [3.05, 3.63) is 99.1 Å². The molecule has 0 spiro atoms. The molecule has 3 aromatic rings. The molecule has 0 N–H and O–H groups in total. The van der Waals surface area contributed by atoms with Crippen LogP contribution in [0.3, 0.4) is 0 Å². The van der Waals surface area contributed by atoms with Gasteiger partial charge in [0.15, 0.2) is 0 Å². The molecule has 0 aliphatic carbocycles. The van der Waals surface area contributed by atoms with Crippen molar-refractivity contribution in [2.24, 2.45) is 0 Å². The highest BCUT2D eigenvalue weighted by Crippen LogP contribution is 2.15. The molecule has 4 rings (SSSR count). The second kappa shape index (κ2) is 9.94. The molecule has 0 amide bonds. The first kappa shape index (κ1) is 20.7. The van der Waals surface area contributed by atoms with Gasteiger partial charge in [-0.25, -0.2) is 0 Å². The first-order valence-electron chi connectivity index (χ1n) is 10.1. The number of benzene rings is 2. The van der Waals surface area contributed by atoms with Crippen LogP contribution in [0.4, 0.5) is 0 Å². The lowest BCUT2D eigenvalue weighted by Crippen LogP contribution is -2.45. The first-order valence-corrected chi connectivity index (χ1v) is 10.5. The number of hydrogen-bond donors (Lipinski definition) is 0. The van der Waals surface area contributed by atoms with Crippen molar-refractivity contribution in [2.75, 3.05) is 26.2 Å². The molecule has 1 saturated heterocycles. The topological polar surface area (TPSA) is 45.9 Å². The molecule has 1 aromatic heterocycles. The summed E-state index contributed by atoms with van der Waals surface area (Å²) in [4.78, 5) is 17.2. The minimum atomic E-state index is -0.166. The van der Waals surface area contributed by atoms with Crippen molar-refractivity contribution in [3.63, 3.8) is 0 Å². The maximum Gasteiger partial charge on any atom is 0.227 e.